The first-order chi connectivity index (χ1) is 5.90. The summed E-state index contributed by atoms with van der Waals surface area (Å²) in [7, 11) is 0. The Morgan fingerprint density at radius 1 is 1.33 bits per heavy atom. The molecule has 0 aromatic heterocycles. The van der Waals surface area contributed by atoms with Crippen molar-refractivity contribution < 1.29 is 9.47 Å². The molecule has 4 nitrogen and oxygen atoms in total. The van der Waals surface area contributed by atoms with Crippen molar-refractivity contribution in [1.29, 1.82) is 0 Å². The van der Waals surface area contributed by atoms with Gasteiger partial charge in [0.2, 0.25) is 6.79 Å². The molecule has 0 aliphatic carbocycles. The van der Waals surface area contributed by atoms with E-state index < -0.39 is 0 Å². The number of hydrogen-bond acceptors (Lipinski definition) is 4. The quantitative estimate of drug-likeness (QED) is 0.377. The molecule has 1 aliphatic rings. The van der Waals surface area contributed by atoms with Crippen LogP contribution >= 0.6 is 0 Å². The normalized spacial score (nSPS) is 14.0. The van der Waals surface area contributed by atoms with Crippen LogP contribution in [0.1, 0.15) is 5.56 Å². The second-order valence-corrected chi connectivity index (χ2v) is 2.39. The van der Waals surface area contributed by atoms with Crippen molar-refractivity contribution in [3.8, 4) is 11.5 Å². The van der Waals surface area contributed by atoms with E-state index in [2.05, 4.69) is 5.10 Å². The molecule has 1 aromatic carbocycles. The van der Waals surface area contributed by atoms with Gasteiger partial charge in [0.25, 0.3) is 0 Å². The Bertz CT molecular complexity index is 323. The molecule has 0 spiro atoms. The van der Waals surface area contributed by atoms with Crippen molar-refractivity contribution in [3.63, 3.8) is 0 Å². The molecular formula is C8H8N2O2. The lowest BCUT2D eigenvalue weighted by molar-refractivity contribution is 0.174. The number of hydrogen-bond donors (Lipinski definition) is 1. The predicted molar refractivity (Wildman–Crippen MR) is 44.3 cm³/mol. The first-order valence-corrected chi connectivity index (χ1v) is 3.53. The van der Waals surface area contributed by atoms with Crippen molar-refractivity contribution in [2.75, 3.05) is 6.79 Å². The first kappa shape index (κ1) is 6.97. The summed E-state index contributed by atoms with van der Waals surface area (Å²) >= 11 is 0. The van der Waals surface area contributed by atoms with E-state index in [1.165, 1.54) is 0 Å². The van der Waals surface area contributed by atoms with Crippen LogP contribution in [-0.4, -0.2) is 13.0 Å². The number of hydrazone groups is 1. The van der Waals surface area contributed by atoms with Gasteiger partial charge >= 0.3 is 0 Å². The van der Waals surface area contributed by atoms with Crippen molar-refractivity contribution in [1.82, 2.24) is 0 Å². The van der Waals surface area contributed by atoms with Crippen LogP contribution in [0.25, 0.3) is 0 Å². The average molecular weight is 164 g/mol. The lowest BCUT2D eigenvalue weighted by Crippen LogP contribution is -1.92. The molecule has 0 fully saturated rings. The lowest BCUT2D eigenvalue weighted by atomic mass is 10.2. The largest absolute Gasteiger partial charge is 0.454 e. The zero-order chi connectivity index (χ0) is 8.39. The summed E-state index contributed by atoms with van der Waals surface area (Å²) in [6.45, 7) is 0.290. The van der Waals surface area contributed by atoms with Crippen LogP contribution < -0.4 is 15.3 Å². The maximum Gasteiger partial charge on any atom is 0.231 e. The second kappa shape index (κ2) is 2.73. The van der Waals surface area contributed by atoms with E-state index in [1.54, 1.807) is 6.21 Å². The minimum Gasteiger partial charge on any atom is -0.454 e. The Balaban J connectivity index is 2.38. The maximum atomic E-state index is 5.16. The molecule has 0 bridgehead atoms. The van der Waals surface area contributed by atoms with Crippen LogP contribution in [0.3, 0.4) is 0 Å². The molecule has 1 heterocycles. The maximum absolute atomic E-state index is 5.16. The topological polar surface area (TPSA) is 56.8 Å². The summed E-state index contributed by atoms with van der Waals surface area (Å²) in [4.78, 5) is 0. The van der Waals surface area contributed by atoms with Crippen LogP contribution in [-0.2, 0) is 0 Å². The lowest BCUT2D eigenvalue weighted by Gasteiger charge is -1.95. The third-order valence-electron chi connectivity index (χ3n) is 1.62. The third kappa shape index (κ3) is 1.07. The van der Waals surface area contributed by atoms with E-state index in [-0.39, 0.29) is 0 Å². The standard InChI is InChI=1S/C8H8N2O2/c9-10-4-6-1-2-7-8(3-6)12-5-11-7/h1-4H,5,9H2/b10-4+. The zero-order valence-electron chi connectivity index (χ0n) is 6.36. The van der Waals surface area contributed by atoms with E-state index >= 15 is 0 Å². The second-order valence-electron chi connectivity index (χ2n) is 2.39. The van der Waals surface area contributed by atoms with Crippen LogP contribution in [0.4, 0.5) is 0 Å². The molecule has 0 saturated carbocycles. The summed E-state index contributed by atoms with van der Waals surface area (Å²) in [5.41, 5.74) is 0.904. The van der Waals surface area contributed by atoms with Gasteiger partial charge in [-0.25, -0.2) is 0 Å². The van der Waals surface area contributed by atoms with Gasteiger partial charge in [-0.1, -0.05) is 0 Å². The third-order valence-corrected chi connectivity index (χ3v) is 1.62. The minimum absolute atomic E-state index is 0.290. The van der Waals surface area contributed by atoms with E-state index in [1.807, 2.05) is 18.2 Å². The number of nitrogens with zero attached hydrogens (tertiary/aromatic N) is 1. The molecule has 0 atom stereocenters. The first-order valence-electron chi connectivity index (χ1n) is 3.53. The molecule has 0 amide bonds. The molecule has 0 radical (unpaired) electrons. The fourth-order valence-electron chi connectivity index (χ4n) is 1.08. The fourth-order valence-corrected chi connectivity index (χ4v) is 1.08. The Morgan fingerprint density at radius 2 is 2.17 bits per heavy atom. The van der Waals surface area contributed by atoms with Crippen LogP contribution in [0.15, 0.2) is 23.3 Å². The fraction of sp³-hybridized carbons (Fsp3) is 0.125. The molecular weight excluding hydrogens is 156 g/mol. The van der Waals surface area contributed by atoms with Gasteiger partial charge in [0.1, 0.15) is 0 Å². The summed E-state index contributed by atoms with van der Waals surface area (Å²) in [6.07, 6.45) is 1.56. The molecule has 62 valence electrons. The zero-order valence-corrected chi connectivity index (χ0v) is 6.36. The van der Waals surface area contributed by atoms with Gasteiger partial charge in [0.05, 0.1) is 6.21 Å². The molecule has 2 N–H and O–H groups in total. The highest BCUT2D eigenvalue weighted by molar-refractivity contribution is 5.80. The van der Waals surface area contributed by atoms with E-state index in [0.29, 0.717) is 6.79 Å². The number of benzene rings is 1. The number of rotatable bonds is 1. The smallest absolute Gasteiger partial charge is 0.231 e. The summed E-state index contributed by atoms with van der Waals surface area (Å²) in [6, 6.07) is 5.53. The van der Waals surface area contributed by atoms with Gasteiger partial charge in [-0.05, 0) is 23.8 Å². The Morgan fingerprint density at radius 3 is 3.00 bits per heavy atom. The van der Waals surface area contributed by atoms with E-state index in [9.17, 15) is 0 Å². The summed E-state index contributed by atoms with van der Waals surface area (Å²) in [5, 5.41) is 3.41. The average Bonchev–Trinajstić information content (AvgIpc) is 2.51. The highest BCUT2D eigenvalue weighted by Crippen LogP contribution is 2.31. The monoisotopic (exact) mass is 164 g/mol. The summed E-state index contributed by atoms with van der Waals surface area (Å²) < 4.78 is 10.3. The van der Waals surface area contributed by atoms with Crippen molar-refractivity contribution in [3.05, 3.63) is 23.8 Å². The Kier molecular flexibility index (Phi) is 1.59. The minimum atomic E-state index is 0.290. The number of fused-ring (bicyclic) bond motifs is 1. The Hall–Kier alpha value is -1.71. The van der Waals surface area contributed by atoms with Gasteiger partial charge in [-0.15, -0.1) is 0 Å². The van der Waals surface area contributed by atoms with Crippen LogP contribution in [0.5, 0.6) is 11.5 Å². The highest BCUT2D eigenvalue weighted by atomic mass is 16.7. The van der Waals surface area contributed by atoms with Crippen LogP contribution in [0.2, 0.25) is 0 Å². The van der Waals surface area contributed by atoms with Gasteiger partial charge < -0.3 is 15.3 Å². The molecule has 4 heteroatoms. The van der Waals surface area contributed by atoms with Gasteiger partial charge in [-0.3, -0.25) is 0 Å². The van der Waals surface area contributed by atoms with Crippen LogP contribution in [0, 0.1) is 0 Å². The SMILES string of the molecule is N/N=C/c1ccc2c(c1)OCO2. The Labute approximate surface area is 69.6 Å². The molecule has 1 aliphatic heterocycles. The van der Waals surface area contributed by atoms with Crippen molar-refractivity contribution in [2.24, 2.45) is 10.9 Å². The molecule has 0 saturated heterocycles. The van der Waals surface area contributed by atoms with Crippen molar-refractivity contribution in [2.45, 2.75) is 0 Å². The van der Waals surface area contributed by atoms with Crippen molar-refractivity contribution >= 4 is 6.21 Å². The van der Waals surface area contributed by atoms with E-state index in [0.717, 1.165) is 17.1 Å². The number of ether oxygens (including phenoxy) is 2. The molecule has 1 aromatic rings. The molecule has 2 rings (SSSR count). The van der Waals surface area contributed by atoms with Gasteiger partial charge in [0, 0.05) is 0 Å². The highest BCUT2D eigenvalue weighted by Gasteiger charge is 2.11. The summed E-state index contributed by atoms with van der Waals surface area (Å²) in [5.74, 6) is 6.51. The predicted octanol–water partition coefficient (Wildman–Crippen LogP) is 0.708. The van der Waals surface area contributed by atoms with Gasteiger partial charge in [0.15, 0.2) is 11.5 Å². The van der Waals surface area contributed by atoms with Gasteiger partial charge in [-0.2, -0.15) is 5.10 Å². The molecule has 0 unspecified atom stereocenters. The number of nitrogens with two attached hydrogens (primary N) is 1. The molecule has 12 heavy (non-hydrogen) atoms. The van der Waals surface area contributed by atoms with E-state index in [4.69, 9.17) is 15.3 Å².